The topological polar surface area (TPSA) is 64.9 Å². The van der Waals surface area contributed by atoms with Gasteiger partial charge in [-0.2, -0.15) is 18.4 Å². The fraction of sp³-hybridized carbons (Fsp3) is 0.556. The Morgan fingerprint density at radius 2 is 1.81 bits per heavy atom. The van der Waals surface area contributed by atoms with Crippen molar-refractivity contribution in [2.24, 2.45) is 0 Å². The lowest BCUT2D eigenvalue weighted by Crippen LogP contribution is -2.53. The summed E-state index contributed by atoms with van der Waals surface area (Å²) in [5.74, 6) is -0.814. The van der Waals surface area contributed by atoms with E-state index in [-0.39, 0.29) is 5.56 Å². The number of nitriles is 1. The second kappa shape index (κ2) is 7.76. The minimum absolute atomic E-state index is 0.0958. The average Bonchev–Trinajstić information content (AvgIpc) is 3.30. The molecule has 0 radical (unpaired) electrons. The van der Waals surface area contributed by atoms with Gasteiger partial charge in [-0.3, -0.25) is 10.1 Å². The Balaban J connectivity index is 2.28. The molecule has 1 aromatic rings. The molecule has 9 heteroatoms. The Morgan fingerprint density at radius 3 is 2.22 bits per heavy atom. The molecule has 0 bridgehead atoms. The van der Waals surface area contributed by atoms with E-state index in [9.17, 15) is 22.4 Å². The summed E-state index contributed by atoms with van der Waals surface area (Å²) in [4.78, 5) is 12.5. The lowest BCUT2D eigenvalue weighted by atomic mass is 9.97. The van der Waals surface area contributed by atoms with Crippen molar-refractivity contribution < 1.29 is 22.4 Å². The number of carbonyl (C=O) groups excluding carboxylic acids is 1. The van der Waals surface area contributed by atoms with E-state index < -0.39 is 41.8 Å². The Kier molecular flexibility index (Phi) is 6.22. The quantitative estimate of drug-likeness (QED) is 0.609. The van der Waals surface area contributed by atoms with E-state index in [4.69, 9.17) is 5.26 Å². The summed E-state index contributed by atoms with van der Waals surface area (Å²) in [6, 6.07) is 3.81. The Morgan fingerprint density at radius 1 is 1.26 bits per heavy atom. The minimum atomic E-state index is -4.70. The van der Waals surface area contributed by atoms with Gasteiger partial charge < -0.3 is 5.32 Å². The zero-order chi connectivity index (χ0) is 20.5. The van der Waals surface area contributed by atoms with E-state index in [2.05, 4.69) is 26.6 Å². The summed E-state index contributed by atoms with van der Waals surface area (Å²) >= 11 is 3.16. The van der Waals surface area contributed by atoms with Crippen LogP contribution in [0.1, 0.15) is 44.7 Å². The minimum Gasteiger partial charge on any atom is -0.336 e. The predicted molar refractivity (Wildman–Crippen MR) is 95.4 cm³/mol. The molecule has 0 aromatic heterocycles. The first-order valence-corrected chi connectivity index (χ1v) is 9.15. The Hall–Kier alpha value is -1.66. The van der Waals surface area contributed by atoms with Crippen molar-refractivity contribution in [2.75, 3.05) is 0 Å². The third kappa shape index (κ3) is 6.18. The molecule has 148 valence electrons. The van der Waals surface area contributed by atoms with Gasteiger partial charge in [0, 0.05) is 10.9 Å². The summed E-state index contributed by atoms with van der Waals surface area (Å²) < 4.78 is 55.6. The van der Waals surface area contributed by atoms with Crippen molar-refractivity contribution in [1.29, 1.82) is 5.26 Å². The highest BCUT2D eigenvalue weighted by Crippen LogP contribution is 2.36. The highest BCUT2D eigenvalue weighted by atomic mass is 79.9. The van der Waals surface area contributed by atoms with Crippen molar-refractivity contribution in [3.8, 4) is 6.07 Å². The normalized spacial score (nSPS) is 18.3. The van der Waals surface area contributed by atoms with Crippen molar-refractivity contribution in [1.82, 2.24) is 10.6 Å². The fourth-order valence-corrected chi connectivity index (χ4v) is 2.93. The molecule has 1 aromatic carbocycles. The number of halogens is 5. The monoisotopic (exact) mass is 449 g/mol. The number of carbonyl (C=O) groups is 1. The van der Waals surface area contributed by atoms with E-state index in [0.29, 0.717) is 17.3 Å². The lowest BCUT2D eigenvalue weighted by Gasteiger charge is -2.30. The summed E-state index contributed by atoms with van der Waals surface area (Å²) in [7, 11) is 0. The van der Waals surface area contributed by atoms with Crippen molar-refractivity contribution >= 4 is 21.8 Å². The number of benzene rings is 1. The van der Waals surface area contributed by atoms with E-state index in [1.807, 2.05) is 6.07 Å². The first kappa shape index (κ1) is 21.6. The second-order valence-corrected chi connectivity index (χ2v) is 8.27. The van der Waals surface area contributed by atoms with Gasteiger partial charge in [0.2, 0.25) is 5.91 Å². The molecule has 1 aliphatic carbocycles. The van der Waals surface area contributed by atoms with Gasteiger partial charge in [-0.05, 0) is 44.4 Å². The van der Waals surface area contributed by atoms with Crippen LogP contribution in [0.5, 0.6) is 0 Å². The first-order chi connectivity index (χ1) is 12.4. The Labute approximate surface area is 163 Å². The molecule has 1 aliphatic rings. The number of hydrogen-bond donors (Lipinski definition) is 2. The molecule has 1 fully saturated rings. The van der Waals surface area contributed by atoms with Crippen LogP contribution >= 0.6 is 15.9 Å². The van der Waals surface area contributed by atoms with Gasteiger partial charge in [-0.15, -0.1) is 0 Å². The SMILES string of the molecule is CC(C)(F)CC(N[C@@H](c1ccc(Br)cc1)C(F)(F)F)C(=O)NC1(C#N)CC1. The summed E-state index contributed by atoms with van der Waals surface area (Å²) in [5, 5.41) is 13.8. The molecule has 1 unspecified atom stereocenters. The lowest BCUT2D eigenvalue weighted by molar-refractivity contribution is -0.161. The predicted octanol–water partition coefficient (Wildman–Crippen LogP) is 4.32. The molecule has 0 saturated heterocycles. The van der Waals surface area contributed by atoms with Crippen molar-refractivity contribution in [3.05, 3.63) is 34.3 Å². The molecular weight excluding hydrogens is 430 g/mol. The van der Waals surface area contributed by atoms with Crippen LogP contribution in [0.15, 0.2) is 28.7 Å². The summed E-state index contributed by atoms with van der Waals surface area (Å²) in [6.07, 6.45) is -4.31. The molecule has 0 spiro atoms. The van der Waals surface area contributed by atoms with E-state index >= 15 is 0 Å². The number of nitrogens with zero attached hydrogens (tertiary/aromatic N) is 1. The van der Waals surface area contributed by atoms with Crippen LogP contribution in [0.4, 0.5) is 17.6 Å². The second-order valence-electron chi connectivity index (χ2n) is 7.35. The van der Waals surface area contributed by atoms with Gasteiger partial charge in [-0.25, -0.2) is 4.39 Å². The van der Waals surface area contributed by atoms with Gasteiger partial charge in [-0.1, -0.05) is 28.1 Å². The van der Waals surface area contributed by atoms with Crippen LogP contribution in [0.3, 0.4) is 0 Å². The summed E-state index contributed by atoms with van der Waals surface area (Å²) in [6.45, 7) is 2.38. The molecular formula is C18H20BrF4N3O. The van der Waals surface area contributed by atoms with Crippen LogP contribution in [0.25, 0.3) is 0 Å². The highest BCUT2D eigenvalue weighted by molar-refractivity contribution is 9.10. The first-order valence-electron chi connectivity index (χ1n) is 8.36. The van der Waals surface area contributed by atoms with Crippen LogP contribution in [-0.4, -0.2) is 29.3 Å². The zero-order valence-electron chi connectivity index (χ0n) is 14.8. The van der Waals surface area contributed by atoms with Crippen LogP contribution < -0.4 is 10.6 Å². The molecule has 27 heavy (non-hydrogen) atoms. The van der Waals surface area contributed by atoms with Crippen LogP contribution in [-0.2, 0) is 4.79 Å². The standard InChI is InChI=1S/C18H20BrF4N3O/c1-16(2,20)9-13(15(27)26-17(10-24)7-8-17)25-14(18(21,22)23)11-3-5-12(19)6-4-11/h3-6,13-14,25H,7-9H2,1-2H3,(H,26,27)/t13?,14-/m0/s1. The molecule has 0 aliphatic heterocycles. The third-order valence-electron chi connectivity index (χ3n) is 4.23. The van der Waals surface area contributed by atoms with E-state index in [1.54, 1.807) is 0 Å². The molecule has 1 amide bonds. The molecule has 0 heterocycles. The van der Waals surface area contributed by atoms with Crippen LogP contribution in [0.2, 0.25) is 0 Å². The number of alkyl halides is 4. The van der Waals surface area contributed by atoms with Crippen molar-refractivity contribution in [2.45, 2.75) is 62.6 Å². The maximum Gasteiger partial charge on any atom is 0.407 e. The van der Waals surface area contributed by atoms with Crippen molar-refractivity contribution in [3.63, 3.8) is 0 Å². The smallest absolute Gasteiger partial charge is 0.336 e. The average molecular weight is 450 g/mol. The zero-order valence-corrected chi connectivity index (χ0v) is 16.4. The molecule has 2 N–H and O–H groups in total. The Bertz CT molecular complexity index is 718. The van der Waals surface area contributed by atoms with Gasteiger partial charge in [0.15, 0.2) is 0 Å². The number of nitrogens with one attached hydrogen (secondary N) is 2. The van der Waals surface area contributed by atoms with E-state index in [1.165, 1.54) is 38.1 Å². The molecule has 2 atom stereocenters. The summed E-state index contributed by atoms with van der Waals surface area (Å²) in [5.41, 5.74) is -3.03. The maximum absolute atomic E-state index is 14.2. The van der Waals surface area contributed by atoms with Gasteiger partial charge in [0.1, 0.15) is 17.2 Å². The molecule has 1 saturated carbocycles. The largest absolute Gasteiger partial charge is 0.407 e. The molecule has 4 nitrogen and oxygen atoms in total. The van der Waals surface area contributed by atoms with Gasteiger partial charge in [0.05, 0.1) is 12.1 Å². The number of amides is 1. The molecule has 2 rings (SSSR count). The third-order valence-corrected chi connectivity index (χ3v) is 4.76. The van der Waals surface area contributed by atoms with Gasteiger partial charge in [0.25, 0.3) is 0 Å². The maximum atomic E-state index is 14.2. The highest BCUT2D eigenvalue weighted by Gasteiger charge is 2.48. The number of hydrogen-bond acceptors (Lipinski definition) is 3. The van der Waals surface area contributed by atoms with E-state index in [0.717, 1.165) is 0 Å². The fourth-order valence-electron chi connectivity index (χ4n) is 2.66. The van der Waals surface area contributed by atoms with Gasteiger partial charge >= 0.3 is 6.18 Å². The van der Waals surface area contributed by atoms with Crippen LogP contribution in [0, 0.1) is 11.3 Å². The number of rotatable bonds is 7.